The highest BCUT2D eigenvalue weighted by molar-refractivity contribution is 7.20. The fraction of sp³-hybridized carbons (Fsp3) is 0.462. The van der Waals surface area contributed by atoms with Gasteiger partial charge in [-0.3, -0.25) is 0 Å². The molecule has 0 aliphatic carbocycles. The lowest BCUT2D eigenvalue weighted by molar-refractivity contribution is 0.146. The first-order valence-corrected chi connectivity index (χ1v) is 8.10. The fourth-order valence-electron chi connectivity index (χ4n) is 2.21. The van der Waals surface area contributed by atoms with Gasteiger partial charge in [0, 0.05) is 43.2 Å². The zero-order valence-electron chi connectivity index (χ0n) is 10.9. The van der Waals surface area contributed by atoms with Gasteiger partial charge in [-0.15, -0.1) is 35.1 Å². The molecular formula is C13H18ClN3OS2. The van der Waals surface area contributed by atoms with Crippen molar-refractivity contribution in [2.24, 2.45) is 5.92 Å². The predicted octanol–water partition coefficient (Wildman–Crippen LogP) is 1.96. The van der Waals surface area contributed by atoms with Gasteiger partial charge in [-0.25, -0.2) is 4.98 Å². The highest BCUT2D eigenvalue weighted by atomic mass is 35.5. The van der Waals surface area contributed by atoms with Gasteiger partial charge in [0.15, 0.2) is 0 Å². The molecular weight excluding hydrogens is 314 g/mol. The van der Waals surface area contributed by atoms with Gasteiger partial charge in [0.05, 0.1) is 11.0 Å². The predicted molar refractivity (Wildman–Crippen MR) is 86.7 cm³/mol. The lowest BCUT2D eigenvalue weighted by Gasteiger charge is -2.13. The maximum absolute atomic E-state index is 9.70. The smallest absolute Gasteiger partial charge is 0.133 e. The molecule has 2 unspecified atom stereocenters. The first kappa shape index (κ1) is 15.9. The van der Waals surface area contributed by atoms with E-state index in [-0.39, 0.29) is 18.5 Å². The van der Waals surface area contributed by atoms with Crippen molar-refractivity contribution in [1.82, 2.24) is 15.6 Å². The number of aliphatic hydroxyl groups is 1. The van der Waals surface area contributed by atoms with E-state index in [9.17, 15) is 5.11 Å². The second-order valence-corrected chi connectivity index (χ2v) is 6.79. The molecule has 0 bridgehead atoms. The third-order valence-electron chi connectivity index (χ3n) is 3.30. The lowest BCUT2D eigenvalue weighted by atomic mass is 10.1. The molecule has 20 heavy (non-hydrogen) atoms. The van der Waals surface area contributed by atoms with Gasteiger partial charge in [0.1, 0.15) is 5.01 Å². The number of nitrogens with zero attached hydrogens (tertiary/aromatic N) is 1. The number of β-amino-alcohol motifs (C(OH)–C–C–N with tert-alkyl or cyclic N) is 1. The second kappa shape index (κ2) is 7.49. The molecule has 0 radical (unpaired) electrons. The Morgan fingerprint density at radius 1 is 1.45 bits per heavy atom. The molecule has 0 aromatic carbocycles. The Hall–Kier alpha value is -0.500. The number of hydrogen-bond acceptors (Lipinski definition) is 6. The zero-order chi connectivity index (χ0) is 13.1. The molecule has 1 aliphatic rings. The van der Waals surface area contributed by atoms with Crippen LogP contribution in [0.15, 0.2) is 23.7 Å². The number of aromatic nitrogens is 1. The van der Waals surface area contributed by atoms with Crippen LogP contribution in [0.4, 0.5) is 0 Å². The van der Waals surface area contributed by atoms with Gasteiger partial charge >= 0.3 is 0 Å². The summed E-state index contributed by atoms with van der Waals surface area (Å²) in [6.45, 7) is 3.29. The van der Waals surface area contributed by atoms with E-state index in [2.05, 4.69) is 27.1 Å². The van der Waals surface area contributed by atoms with E-state index in [4.69, 9.17) is 0 Å². The molecule has 3 rings (SSSR count). The number of aliphatic hydroxyl groups excluding tert-OH is 1. The molecule has 4 nitrogen and oxygen atoms in total. The Morgan fingerprint density at radius 3 is 3.05 bits per heavy atom. The highest BCUT2D eigenvalue weighted by Crippen LogP contribution is 2.28. The molecule has 0 spiro atoms. The van der Waals surface area contributed by atoms with Gasteiger partial charge in [0.25, 0.3) is 0 Å². The normalized spacial score (nSPS) is 21.9. The first-order chi connectivity index (χ1) is 9.33. The van der Waals surface area contributed by atoms with Crippen LogP contribution in [0.2, 0.25) is 0 Å². The molecule has 3 heterocycles. The molecule has 0 amide bonds. The minimum absolute atomic E-state index is 0. The SMILES string of the molecule is Cl.OC1CNCC1CNCc1cnc(-c2cccs2)s1. The zero-order valence-corrected chi connectivity index (χ0v) is 13.4. The van der Waals surface area contributed by atoms with Crippen LogP contribution in [0.3, 0.4) is 0 Å². The summed E-state index contributed by atoms with van der Waals surface area (Å²) >= 11 is 3.45. The summed E-state index contributed by atoms with van der Waals surface area (Å²) in [4.78, 5) is 6.92. The summed E-state index contributed by atoms with van der Waals surface area (Å²) in [5.41, 5.74) is 0. The van der Waals surface area contributed by atoms with Crippen molar-refractivity contribution in [2.45, 2.75) is 12.6 Å². The summed E-state index contributed by atoms with van der Waals surface area (Å²) in [6, 6.07) is 4.15. The average molecular weight is 332 g/mol. The molecule has 2 atom stereocenters. The van der Waals surface area contributed by atoms with E-state index in [1.165, 1.54) is 9.75 Å². The molecule has 1 saturated heterocycles. The van der Waals surface area contributed by atoms with Crippen LogP contribution in [0.5, 0.6) is 0 Å². The first-order valence-electron chi connectivity index (χ1n) is 6.41. The molecule has 1 aliphatic heterocycles. The van der Waals surface area contributed by atoms with Gasteiger partial charge in [-0.2, -0.15) is 0 Å². The van der Waals surface area contributed by atoms with E-state index in [0.29, 0.717) is 5.92 Å². The number of hydrogen-bond donors (Lipinski definition) is 3. The Labute approximate surface area is 132 Å². The third-order valence-corrected chi connectivity index (χ3v) is 5.33. The lowest BCUT2D eigenvalue weighted by Crippen LogP contribution is -2.29. The van der Waals surface area contributed by atoms with Gasteiger partial charge in [-0.05, 0) is 11.4 Å². The number of thiazole rings is 1. The molecule has 0 saturated carbocycles. The van der Waals surface area contributed by atoms with Crippen LogP contribution in [0.25, 0.3) is 9.88 Å². The van der Waals surface area contributed by atoms with Crippen molar-refractivity contribution >= 4 is 35.1 Å². The van der Waals surface area contributed by atoms with Crippen LogP contribution >= 0.6 is 35.1 Å². The number of thiophene rings is 1. The topological polar surface area (TPSA) is 57.2 Å². The van der Waals surface area contributed by atoms with E-state index in [1.54, 1.807) is 22.7 Å². The monoisotopic (exact) mass is 331 g/mol. The molecule has 7 heteroatoms. The third kappa shape index (κ3) is 3.78. The molecule has 110 valence electrons. The Morgan fingerprint density at radius 2 is 2.35 bits per heavy atom. The molecule has 2 aromatic rings. The van der Waals surface area contributed by atoms with Crippen molar-refractivity contribution in [3.05, 3.63) is 28.6 Å². The Bertz CT molecular complexity index is 517. The summed E-state index contributed by atoms with van der Waals surface area (Å²) in [5, 5.41) is 19.5. The van der Waals surface area contributed by atoms with Crippen LogP contribution in [0.1, 0.15) is 4.88 Å². The largest absolute Gasteiger partial charge is 0.391 e. The van der Waals surface area contributed by atoms with Crippen LogP contribution < -0.4 is 10.6 Å². The summed E-state index contributed by atoms with van der Waals surface area (Å²) < 4.78 is 0. The Kier molecular flexibility index (Phi) is 5.95. The summed E-state index contributed by atoms with van der Waals surface area (Å²) in [7, 11) is 0. The molecule has 2 aromatic heterocycles. The van der Waals surface area contributed by atoms with Gasteiger partial charge in [0.2, 0.25) is 0 Å². The highest BCUT2D eigenvalue weighted by Gasteiger charge is 2.24. The standard InChI is InChI=1S/C13H17N3OS2.ClH/c17-11-8-15-5-9(11)4-14-6-10-7-16-13(19-10)12-2-1-3-18-12;/h1-3,7,9,11,14-15,17H,4-6,8H2;1H. The van der Waals surface area contributed by atoms with Crippen molar-refractivity contribution in [2.75, 3.05) is 19.6 Å². The number of rotatable bonds is 5. The van der Waals surface area contributed by atoms with E-state index in [1.807, 2.05) is 12.3 Å². The van der Waals surface area contributed by atoms with Gasteiger partial charge < -0.3 is 15.7 Å². The minimum Gasteiger partial charge on any atom is -0.391 e. The van der Waals surface area contributed by atoms with Crippen molar-refractivity contribution < 1.29 is 5.11 Å². The number of nitrogens with one attached hydrogen (secondary N) is 2. The van der Waals surface area contributed by atoms with Crippen LogP contribution in [0, 0.1) is 5.92 Å². The molecule has 1 fully saturated rings. The van der Waals surface area contributed by atoms with Crippen LogP contribution in [-0.2, 0) is 6.54 Å². The van der Waals surface area contributed by atoms with E-state index >= 15 is 0 Å². The van der Waals surface area contributed by atoms with Crippen molar-refractivity contribution in [3.63, 3.8) is 0 Å². The fourth-order valence-corrected chi connectivity index (χ4v) is 3.90. The maximum Gasteiger partial charge on any atom is 0.133 e. The van der Waals surface area contributed by atoms with Gasteiger partial charge in [-0.1, -0.05) is 6.07 Å². The summed E-state index contributed by atoms with van der Waals surface area (Å²) in [5.74, 6) is 0.324. The van der Waals surface area contributed by atoms with Crippen molar-refractivity contribution in [1.29, 1.82) is 0 Å². The maximum atomic E-state index is 9.70. The summed E-state index contributed by atoms with van der Waals surface area (Å²) in [6.07, 6.45) is 1.73. The quantitative estimate of drug-likeness (QED) is 0.784. The minimum atomic E-state index is -0.212. The Balaban J connectivity index is 0.00000147. The van der Waals surface area contributed by atoms with E-state index in [0.717, 1.165) is 31.2 Å². The van der Waals surface area contributed by atoms with Crippen molar-refractivity contribution in [3.8, 4) is 9.88 Å². The van der Waals surface area contributed by atoms with E-state index < -0.39 is 0 Å². The number of halogens is 1. The average Bonchev–Trinajstić information content (AvgIpc) is 3.11. The second-order valence-electron chi connectivity index (χ2n) is 4.73. The van der Waals surface area contributed by atoms with Crippen LogP contribution in [-0.4, -0.2) is 35.8 Å². The molecule has 3 N–H and O–H groups in total.